The number of ether oxygens (including phenoxy) is 1. The Morgan fingerprint density at radius 1 is 1.44 bits per heavy atom. The van der Waals surface area contributed by atoms with E-state index in [4.69, 9.17) is 10.5 Å². The molecule has 0 unspecified atom stereocenters. The maximum absolute atomic E-state index is 11.8. The molecule has 0 heterocycles. The molecule has 0 fully saturated rings. The Hall–Kier alpha value is -1.55. The topological polar surface area (TPSA) is 55.6 Å². The summed E-state index contributed by atoms with van der Waals surface area (Å²) in [4.78, 5) is 13.5. The lowest BCUT2D eigenvalue weighted by Crippen LogP contribution is -2.36. The predicted octanol–water partition coefficient (Wildman–Crippen LogP) is 1.70. The molecule has 1 amide bonds. The van der Waals surface area contributed by atoms with Gasteiger partial charge in [-0.05, 0) is 38.0 Å². The van der Waals surface area contributed by atoms with Crippen LogP contribution in [0.2, 0.25) is 0 Å². The summed E-state index contributed by atoms with van der Waals surface area (Å²) in [5.74, 6) is 0.700. The van der Waals surface area contributed by atoms with Crippen molar-refractivity contribution in [1.29, 1.82) is 0 Å². The van der Waals surface area contributed by atoms with Crippen LogP contribution in [0, 0.1) is 6.92 Å². The average Bonchev–Trinajstić information content (AvgIpc) is 2.36. The van der Waals surface area contributed by atoms with Crippen molar-refractivity contribution < 1.29 is 9.53 Å². The van der Waals surface area contributed by atoms with Crippen LogP contribution < -0.4 is 10.5 Å². The fourth-order valence-electron chi connectivity index (χ4n) is 1.46. The van der Waals surface area contributed by atoms with Crippen molar-refractivity contribution in [2.24, 2.45) is 5.73 Å². The van der Waals surface area contributed by atoms with Gasteiger partial charge in [0.15, 0.2) is 6.61 Å². The molecule has 0 radical (unpaired) electrons. The monoisotopic (exact) mass is 250 g/mol. The molecule has 18 heavy (non-hydrogen) atoms. The molecule has 0 saturated heterocycles. The van der Waals surface area contributed by atoms with Crippen LogP contribution in [0.3, 0.4) is 0 Å². The van der Waals surface area contributed by atoms with Crippen molar-refractivity contribution in [3.63, 3.8) is 0 Å². The molecule has 0 spiro atoms. The van der Waals surface area contributed by atoms with Gasteiger partial charge in [0.1, 0.15) is 5.75 Å². The molecule has 0 bridgehead atoms. The molecular weight excluding hydrogens is 228 g/mol. The molecule has 4 nitrogen and oxygen atoms in total. The highest BCUT2D eigenvalue weighted by Gasteiger charge is 2.13. The van der Waals surface area contributed by atoms with Gasteiger partial charge in [0.2, 0.25) is 0 Å². The Morgan fingerprint density at radius 2 is 2.11 bits per heavy atom. The van der Waals surface area contributed by atoms with Crippen LogP contribution in [0.4, 0.5) is 0 Å². The molecule has 0 saturated carbocycles. The third kappa shape index (κ3) is 3.74. The minimum absolute atomic E-state index is 0.0254. The normalized spacial score (nSPS) is 10.6. The lowest BCUT2D eigenvalue weighted by atomic mass is 10.1. The van der Waals surface area contributed by atoms with E-state index < -0.39 is 0 Å². The lowest BCUT2D eigenvalue weighted by Gasteiger charge is -2.21. The molecule has 0 aliphatic rings. The minimum Gasteiger partial charge on any atom is -0.483 e. The van der Waals surface area contributed by atoms with E-state index in [9.17, 15) is 4.79 Å². The Labute approximate surface area is 109 Å². The zero-order valence-electron chi connectivity index (χ0n) is 11.6. The zero-order valence-corrected chi connectivity index (χ0v) is 11.6. The van der Waals surface area contributed by atoms with Crippen LogP contribution in [0.15, 0.2) is 18.2 Å². The lowest BCUT2D eigenvalue weighted by molar-refractivity contribution is -0.133. The first-order chi connectivity index (χ1) is 8.45. The maximum atomic E-state index is 11.8. The number of hydrogen-bond donors (Lipinski definition) is 1. The van der Waals surface area contributed by atoms with Gasteiger partial charge in [-0.2, -0.15) is 0 Å². The van der Waals surface area contributed by atoms with Crippen LogP contribution in [-0.4, -0.2) is 30.5 Å². The Bertz CT molecular complexity index is 416. The smallest absolute Gasteiger partial charge is 0.260 e. The van der Waals surface area contributed by atoms with Crippen molar-refractivity contribution in [2.75, 3.05) is 13.7 Å². The van der Waals surface area contributed by atoms with Gasteiger partial charge in [-0.25, -0.2) is 0 Å². The van der Waals surface area contributed by atoms with E-state index in [1.165, 1.54) is 0 Å². The molecule has 4 heteroatoms. The first-order valence-corrected chi connectivity index (χ1v) is 6.13. The second-order valence-electron chi connectivity index (χ2n) is 4.69. The molecule has 0 aromatic heterocycles. The summed E-state index contributed by atoms with van der Waals surface area (Å²) >= 11 is 0. The number of likely N-dealkylation sites (N-methyl/N-ethyl adjacent to an activating group) is 1. The van der Waals surface area contributed by atoms with Crippen molar-refractivity contribution in [3.05, 3.63) is 29.3 Å². The van der Waals surface area contributed by atoms with Gasteiger partial charge in [0.25, 0.3) is 5.91 Å². The number of nitrogens with zero attached hydrogens (tertiary/aromatic N) is 1. The number of benzene rings is 1. The van der Waals surface area contributed by atoms with E-state index in [0.717, 1.165) is 16.9 Å². The second-order valence-corrected chi connectivity index (χ2v) is 4.69. The highest BCUT2D eigenvalue weighted by Crippen LogP contribution is 2.19. The van der Waals surface area contributed by atoms with Crippen LogP contribution in [-0.2, 0) is 11.3 Å². The Morgan fingerprint density at radius 3 is 2.67 bits per heavy atom. The van der Waals surface area contributed by atoms with E-state index in [0.29, 0.717) is 6.54 Å². The highest BCUT2D eigenvalue weighted by atomic mass is 16.5. The molecule has 2 N–H and O–H groups in total. The van der Waals surface area contributed by atoms with Gasteiger partial charge in [0.05, 0.1) is 0 Å². The third-order valence-corrected chi connectivity index (χ3v) is 3.01. The zero-order chi connectivity index (χ0) is 13.7. The number of rotatable bonds is 5. The van der Waals surface area contributed by atoms with Crippen molar-refractivity contribution >= 4 is 5.91 Å². The highest BCUT2D eigenvalue weighted by molar-refractivity contribution is 5.77. The summed E-state index contributed by atoms with van der Waals surface area (Å²) in [5, 5.41) is 0. The summed E-state index contributed by atoms with van der Waals surface area (Å²) in [6, 6.07) is 5.98. The minimum atomic E-state index is -0.0254. The summed E-state index contributed by atoms with van der Waals surface area (Å²) in [6.07, 6.45) is 0. The number of amides is 1. The summed E-state index contributed by atoms with van der Waals surface area (Å²) < 4.78 is 5.57. The number of carbonyl (C=O) groups is 1. The van der Waals surface area contributed by atoms with Crippen LogP contribution in [0.1, 0.15) is 25.0 Å². The molecule has 0 atom stereocenters. The SMILES string of the molecule is Cc1ccc(CN)cc1OCC(=O)N(C)C(C)C. The Kier molecular flexibility index (Phi) is 5.16. The van der Waals surface area contributed by atoms with Gasteiger partial charge in [0, 0.05) is 19.6 Å². The van der Waals surface area contributed by atoms with Gasteiger partial charge in [-0.3, -0.25) is 4.79 Å². The fraction of sp³-hybridized carbons (Fsp3) is 0.500. The van der Waals surface area contributed by atoms with E-state index >= 15 is 0 Å². The molecule has 1 rings (SSSR count). The maximum Gasteiger partial charge on any atom is 0.260 e. The van der Waals surface area contributed by atoms with Gasteiger partial charge < -0.3 is 15.4 Å². The number of hydrogen-bond acceptors (Lipinski definition) is 3. The largest absolute Gasteiger partial charge is 0.483 e. The molecule has 1 aromatic rings. The first-order valence-electron chi connectivity index (χ1n) is 6.13. The van der Waals surface area contributed by atoms with E-state index in [-0.39, 0.29) is 18.6 Å². The van der Waals surface area contributed by atoms with Gasteiger partial charge >= 0.3 is 0 Å². The van der Waals surface area contributed by atoms with Crippen LogP contribution in [0.25, 0.3) is 0 Å². The standard InChI is InChI=1S/C14H22N2O2/c1-10(2)16(4)14(17)9-18-13-7-12(8-15)6-5-11(13)3/h5-7,10H,8-9,15H2,1-4H3. The number of nitrogens with two attached hydrogens (primary N) is 1. The summed E-state index contributed by atoms with van der Waals surface area (Å²) in [6.45, 7) is 6.42. The first kappa shape index (κ1) is 14.5. The predicted molar refractivity (Wildman–Crippen MR) is 72.5 cm³/mol. The summed E-state index contributed by atoms with van der Waals surface area (Å²) in [5.41, 5.74) is 7.59. The number of aryl methyl sites for hydroxylation is 1. The summed E-state index contributed by atoms with van der Waals surface area (Å²) in [7, 11) is 1.78. The van der Waals surface area contributed by atoms with Gasteiger partial charge in [-0.15, -0.1) is 0 Å². The molecule has 0 aliphatic heterocycles. The quantitative estimate of drug-likeness (QED) is 0.865. The fourth-order valence-corrected chi connectivity index (χ4v) is 1.46. The van der Waals surface area contributed by atoms with Crippen molar-refractivity contribution in [1.82, 2.24) is 4.90 Å². The molecule has 0 aliphatic carbocycles. The second kappa shape index (κ2) is 6.40. The third-order valence-electron chi connectivity index (χ3n) is 3.01. The van der Waals surface area contributed by atoms with E-state index in [2.05, 4.69) is 0 Å². The van der Waals surface area contributed by atoms with Crippen molar-refractivity contribution in [2.45, 2.75) is 33.4 Å². The van der Waals surface area contributed by atoms with Crippen LogP contribution in [0.5, 0.6) is 5.75 Å². The molecule has 1 aromatic carbocycles. The average molecular weight is 250 g/mol. The Balaban J connectivity index is 2.66. The van der Waals surface area contributed by atoms with E-state index in [1.807, 2.05) is 39.0 Å². The van der Waals surface area contributed by atoms with Crippen molar-refractivity contribution in [3.8, 4) is 5.75 Å². The molecular formula is C14H22N2O2. The van der Waals surface area contributed by atoms with Crippen LogP contribution >= 0.6 is 0 Å². The van der Waals surface area contributed by atoms with Gasteiger partial charge in [-0.1, -0.05) is 12.1 Å². The van der Waals surface area contributed by atoms with E-state index in [1.54, 1.807) is 11.9 Å². The number of carbonyl (C=O) groups excluding carboxylic acids is 1. The molecule has 100 valence electrons.